The van der Waals surface area contributed by atoms with Gasteiger partial charge < -0.3 is 9.90 Å². The fraction of sp³-hybridized carbons (Fsp3) is 0.0833. The lowest BCUT2D eigenvalue weighted by atomic mass is 10.1. The van der Waals surface area contributed by atoms with Crippen LogP contribution in [0.25, 0.3) is 5.57 Å². The molecule has 2 nitrogen and oxygen atoms in total. The molecule has 2 heteroatoms. The molecule has 0 heterocycles. The molecule has 0 spiro atoms. The molecular formula is C12H11O2-. The first-order valence-corrected chi connectivity index (χ1v) is 4.28. The van der Waals surface area contributed by atoms with Crippen molar-refractivity contribution < 1.29 is 9.90 Å². The number of aromatic carboxylic acids is 1. The zero-order valence-electron chi connectivity index (χ0n) is 7.99. The Morgan fingerprint density at radius 2 is 1.79 bits per heavy atom. The van der Waals surface area contributed by atoms with Crippen molar-refractivity contribution in [2.24, 2.45) is 0 Å². The molecule has 0 fully saturated rings. The van der Waals surface area contributed by atoms with E-state index in [1.165, 1.54) is 12.1 Å². The van der Waals surface area contributed by atoms with Gasteiger partial charge in [-0.05, 0) is 23.6 Å². The number of carbonyl (C=O) groups excluding carboxylic acids is 1. The summed E-state index contributed by atoms with van der Waals surface area (Å²) in [6.07, 6.45) is 3.75. The van der Waals surface area contributed by atoms with Gasteiger partial charge in [-0.2, -0.15) is 0 Å². The Balaban J connectivity index is 2.94. The average molecular weight is 187 g/mol. The minimum Gasteiger partial charge on any atom is -0.545 e. The van der Waals surface area contributed by atoms with Crippen molar-refractivity contribution in [3.05, 3.63) is 54.1 Å². The monoisotopic (exact) mass is 187 g/mol. The third-order valence-corrected chi connectivity index (χ3v) is 1.86. The molecule has 0 aliphatic heterocycles. The first-order chi connectivity index (χ1) is 6.65. The van der Waals surface area contributed by atoms with E-state index in [-0.39, 0.29) is 5.56 Å². The third kappa shape index (κ3) is 2.33. The van der Waals surface area contributed by atoms with Crippen LogP contribution in [0.1, 0.15) is 22.8 Å². The minimum atomic E-state index is -1.16. The van der Waals surface area contributed by atoms with Crippen LogP contribution in [0, 0.1) is 0 Å². The number of carbonyl (C=O) groups is 1. The summed E-state index contributed by atoms with van der Waals surface area (Å²) in [4.78, 5) is 10.5. The van der Waals surface area contributed by atoms with Gasteiger partial charge in [-0.25, -0.2) is 0 Å². The van der Waals surface area contributed by atoms with Gasteiger partial charge in [0.15, 0.2) is 0 Å². The molecule has 0 amide bonds. The molecule has 1 rings (SSSR count). The second-order valence-electron chi connectivity index (χ2n) is 2.89. The molecule has 1 aromatic carbocycles. The summed E-state index contributed by atoms with van der Waals surface area (Å²) in [5.41, 5.74) is 1.95. The van der Waals surface area contributed by atoms with E-state index in [1.54, 1.807) is 12.1 Å². The summed E-state index contributed by atoms with van der Waals surface area (Å²) < 4.78 is 0. The van der Waals surface area contributed by atoms with Gasteiger partial charge in [-0.3, -0.25) is 0 Å². The number of hydrogen-bond acceptors (Lipinski definition) is 2. The lowest BCUT2D eigenvalue weighted by Gasteiger charge is -2.04. The smallest absolute Gasteiger partial charge is 0.0715 e. The first-order valence-electron chi connectivity index (χ1n) is 4.28. The number of hydrogen-bond donors (Lipinski definition) is 0. The molecule has 0 N–H and O–H groups in total. The maximum Gasteiger partial charge on any atom is 0.0715 e. The van der Waals surface area contributed by atoms with E-state index in [4.69, 9.17) is 0 Å². The topological polar surface area (TPSA) is 40.1 Å². The van der Waals surface area contributed by atoms with Crippen LogP contribution in [0.2, 0.25) is 0 Å². The molecule has 0 aliphatic rings. The molecule has 0 radical (unpaired) electrons. The van der Waals surface area contributed by atoms with Gasteiger partial charge in [0.05, 0.1) is 5.97 Å². The molecule has 1 aromatic rings. The Morgan fingerprint density at radius 1 is 1.29 bits per heavy atom. The largest absolute Gasteiger partial charge is 0.545 e. The number of carboxylic acids is 1. The molecule has 0 unspecified atom stereocenters. The number of allylic oxidation sites excluding steroid dienone is 3. The van der Waals surface area contributed by atoms with E-state index in [9.17, 15) is 9.90 Å². The molecule has 0 aromatic heterocycles. The lowest BCUT2D eigenvalue weighted by molar-refractivity contribution is -0.255. The Labute approximate surface area is 83.2 Å². The van der Waals surface area contributed by atoms with E-state index >= 15 is 0 Å². The van der Waals surface area contributed by atoms with Crippen LogP contribution >= 0.6 is 0 Å². The van der Waals surface area contributed by atoms with Crippen molar-refractivity contribution in [2.45, 2.75) is 6.92 Å². The van der Waals surface area contributed by atoms with Crippen molar-refractivity contribution in [1.82, 2.24) is 0 Å². The lowest BCUT2D eigenvalue weighted by Crippen LogP contribution is -2.21. The fourth-order valence-electron chi connectivity index (χ4n) is 1.12. The van der Waals surface area contributed by atoms with Crippen molar-refractivity contribution >= 4 is 11.5 Å². The van der Waals surface area contributed by atoms with E-state index in [0.717, 1.165) is 11.1 Å². The van der Waals surface area contributed by atoms with Crippen LogP contribution in [0.5, 0.6) is 0 Å². The summed E-state index contributed by atoms with van der Waals surface area (Å²) in [7, 11) is 0. The van der Waals surface area contributed by atoms with Gasteiger partial charge in [0.25, 0.3) is 0 Å². The van der Waals surface area contributed by atoms with Crippen LogP contribution < -0.4 is 5.11 Å². The standard InChI is InChI=1S/C12H12O2/c1-3-4-9(2)10-5-7-11(8-6-10)12(13)14/h3-8H,2H2,1H3,(H,13,14)/p-1/b4-3-. The summed E-state index contributed by atoms with van der Waals surface area (Å²) >= 11 is 0. The zero-order valence-corrected chi connectivity index (χ0v) is 7.99. The van der Waals surface area contributed by atoms with Gasteiger partial charge in [-0.1, -0.05) is 43.0 Å². The minimum absolute atomic E-state index is 0.182. The summed E-state index contributed by atoms with van der Waals surface area (Å²) in [5.74, 6) is -1.16. The molecule has 0 saturated heterocycles. The number of benzene rings is 1. The molecule has 0 saturated carbocycles. The Kier molecular flexibility index (Phi) is 3.24. The van der Waals surface area contributed by atoms with Crippen LogP contribution in [0.3, 0.4) is 0 Å². The number of carboxylic acid groups (broad SMARTS) is 1. The van der Waals surface area contributed by atoms with E-state index < -0.39 is 5.97 Å². The summed E-state index contributed by atoms with van der Waals surface area (Å²) in [6.45, 7) is 5.74. The van der Waals surface area contributed by atoms with Crippen molar-refractivity contribution in [2.75, 3.05) is 0 Å². The molecule has 14 heavy (non-hydrogen) atoms. The van der Waals surface area contributed by atoms with Gasteiger partial charge in [0.1, 0.15) is 0 Å². The molecule has 0 atom stereocenters. The molecule has 0 bridgehead atoms. The summed E-state index contributed by atoms with van der Waals surface area (Å²) in [6, 6.07) is 6.46. The highest BCUT2D eigenvalue weighted by Crippen LogP contribution is 2.14. The van der Waals surface area contributed by atoms with Crippen LogP contribution in [0.15, 0.2) is 43.0 Å². The van der Waals surface area contributed by atoms with Crippen LogP contribution in [-0.2, 0) is 0 Å². The highest BCUT2D eigenvalue weighted by molar-refractivity contribution is 5.86. The Morgan fingerprint density at radius 3 is 2.21 bits per heavy atom. The SMILES string of the molecule is C=C(/C=C\C)c1ccc(C(=O)[O-])cc1. The maximum absolute atomic E-state index is 10.5. The highest BCUT2D eigenvalue weighted by Gasteiger charge is 1.96. The van der Waals surface area contributed by atoms with Gasteiger partial charge in [0.2, 0.25) is 0 Å². The van der Waals surface area contributed by atoms with Crippen LogP contribution in [0.4, 0.5) is 0 Å². The second kappa shape index (κ2) is 4.42. The van der Waals surface area contributed by atoms with Crippen molar-refractivity contribution in [3.8, 4) is 0 Å². The highest BCUT2D eigenvalue weighted by atomic mass is 16.4. The Bertz CT molecular complexity index is 372. The van der Waals surface area contributed by atoms with Crippen LogP contribution in [-0.4, -0.2) is 5.97 Å². The van der Waals surface area contributed by atoms with Crippen molar-refractivity contribution in [1.29, 1.82) is 0 Å². The fourth-order valence-corrected chi connectivity index (χ4v) is 1.12. The van der Waals surface area contributed by atoms with Gasteiger partial charge in [0, 0.05) is 0 Å². The average Bonchev–Trinajstić information content (AvgIpc) is 2.18. The van der Waals surface area contributed by atoms with Crippen molar-refractivity contribution in [3.63, 3.8) is 0 Å². The van der Waals surface area contributed by atoms with Gasteiger partial charge in [-0.15, -0.1) is 0 Å². The molecule has 0 aliphatic carbocycles. The quantitative estimate of drug-likeness (QED) is 0.675. The predicted molar refractivity (Wildman–Crippen MR) is 54.6 cm³/mol. The van der Waals surface area contributed by atoms with Gasteiger partial charge >= 0.3 is 0 Å². The Hall–Kier alpha value is -1.83. The summed E-state index contributed by atoms with van der Waals surface area (Å²) in [5, 5.41) is 10.5. The predicted octanol–water partition coefficient (Wildman–Crippen LogP) is 1.64. The second-order valence-corrected chi connectivity index (χ2v) is 2.89. The van der Waals surface area contributed by atoms with E-state index in [2.05, 4.69) is 6.58 Å². The van der Waals surface area contributed by atoms with E-state index in [0.29, 0.717) is 0 Å². The third-order valence-electron chi connectivity index (χ3n) is 1.86. The molecule has 72 valence electrons. The van der Waals surface area contributed by atoms with E-state index in [1.807, 2.05) is 19.1 Å². The zero-order chi connectivity index (χ0) is 10.6. The number of rotatable bonds is 3. The maximum atomic E-state index is 10.5. The first kappa shape index (κ1) is 10.3. The normalized spacial score (nSPS) is 10.4. The molecular weight excluding hydrogens is 176 g/mol.